The molecule has 0 aliphatic heterocycles. The van der Waals surface area contributed by atoms with Gasteiger partial charge in [0.2, 0.25) is 0 Å². The summed E-state index contributed by atoms with van der Waals surface area (Å²) in [6, 6.07) is 0. The summed E-state index contributed by atoms with van der Waals surface area (Å²) < 4.78 is 43.3. The zero-order valence-corrected chi connectivity index (χ0v) is 18.4. The third-order valence-corrected chi connectivity index (χ3v) is 10.1. The Balaban J connectivity index is -0.0000000854. The summed E-state index contributed by atoms with van der Waals surface area (Å²) in [6.07, 6.45) is 0. The van der Waals surface area contributed by atoms with E-state index < -0.39 is 8.07 Å². The second-order valence-corrected chi connectivity index (χ2v) is 11.3. The van der Waals surface area contributed by atoms with E-state index in [9.17, 15) is 0 Å². The van der Waals surface area contributed by atoms with Gasteiger partial charge in [-0.25, -0.2) is 0 Å². The van der Waals surface area contributed by atoms with E-state index in [1.165, 1.54) is 0 Å². The van der Waals surface area contributed by atoms with Crippen LogP contribution in [-0.4, -0.2) is 19.7 Å². The van der Waals surface area contributed by atoms with Crippen LogP contribution < -0.4 is 0 Å². The first-order valence-corrected chi connectivity index (χ1v) is 9.79. The Kier molecular flexibility index (Phi) is 48.3. The van der Waals surface area contributed by atoms with Crippen molar-refractivity contribution in [2.24, 2.45) is 0 Å². The van der Waals surface area contributed by atoms with Crippen LogP contribution in [-0.2, 0) is 43.8 Å². The summed E-state index contributed by atoms with van der Waals surface area (Å²) in [7, 11) is 0.0680. The van der Waals surface area contributed by atoms with Crippen LogP contribution >= 0.6 is 0 Å². The Morgan fingerprint density at radius 2 is 0.962 bits per heavy atom. The molecule has 0 aliphatic carbocycles. The molecule has 0 aromatic rings. The van der Waals surface area contributed by atoms with Gasteiger partial charge in [-0.1, -0.05) is 0 Å². The van der Waals surface area contributed by atoms with E-state index in [0.717, 1.165) is 0 Å². The van der Waals surface area contributed by atoms with Crippen molar-refractivity contribution in [3.8, 4) is 11.5 Å². The van der Waals surface area contributed by atoms with Crippen molar-refractivity contribution in [1.82, 2.24) is 0 Å². The summed E-state index contributed by atoms with van der Waals surface area (Å²) in [5.74, 6) is 3.17. The summed E-state index contributed by atoms with van der Waals surface area (Å²) in [4.78, 5) is 0. The number of methoxy groups -OCH3 is 1. The van der Waals surface area contributed by atoms with E-state index in [4.69, 9.17) is 28.0 Å². The van der Waals surface area contributed by atoms with Gasteiger partial charge in [0.15, 0.2) is 0 Å². The van der Waals surface area contributed by atoms with Crippen molar-refractivity contribution in [2.75, 3.05) is 7.11 Å². The van der Waals surface area contributed by atoms with Gasteiger partial charge in [-0.3, -0.25) is 0 Å². The molecule has 0 fully saturated rings. The van der Waals surface area contributed by atoms with E-state index >= 15 is 0 Å². The van der Waals surface area contributed by atoms with E-state index in [0.29, 0.717) is 21.2 Å². The van der Waals surface area contributed by atoms with Crippen LogP contribution in [0.5, 0.6) is 0 Å². The molecule has 0 rings (SSSR count). The number of hydrogen-bond donors (Lipinski definition) is 0. The molecule has 0 aliphatic rings. The maximum atomic E-state index is 7.50. The van der Waals surface area contributed by atoms with Gasteiger partial charge >= 0.3 is 166 Å². The van der Waals surface area contributed by atoms with E-state index in [1.807, 2.05) is 0 Å². The fourth-order valence-corrected chi connectivity index (χ4v) is 8.07. The Hall–Kier alpha value is -1.16. The van der Waals surface area contributed by atoms with Crippen LogP contribution in [0.3, 0.4) is 0 Å². The minimum atomic E-state index is -1.59. The molecule has 0 radical (unpaired) electrons. The van der Waals surface area contributed by atoms with Crippen LogP contribution in [0.25, 0.3) is 0 Å². The average Bonchev–Trinajstić information content (AvgIpc) is 2.69. The van der Waals surface area contributed by atoms with Crippen LogP contribution in [0.1, 0.15) is 41.5 Å². The second kappa shape index (κ2) is 31.6. The molecule has 0 aromatic heterocycles. The molecule has 0 saturated heterocycles. The van der Waals surface area contributed by atoms with Crippen molar-refractivity contribution in [1.29, 1.82) is 0 Å². The SMILES string of the molecule is CO[C](=[Cr])C#C[Si](C(C)C)(C(C)C)C(C)C.[C-]#[O+].[C-]#[O+].[C-]#[O+].[C-]#[O+].[C-]#[O+]. The van der Waals surface area contributed by atoms with Gasteiger partial charge in [0.05, 0.1) is 0 Å². The molecule has 0 saturated carbocycles. The number of ether oxygens (including phenoxy) is 1. The molecular formula is C18H24CrO6Si. The van der Waals surface area contributed by atoms with Gasteiger partial charge < -0.3 is 0 Å². The molecule has 8 heteroatoms. The van der Waals surface area contributed by atoms with E-state index in [2.05, 4.69) is 102 Å². The van der Waals surface area contributed by atoms with E-state index in [-0.39, 0.29) is 0 Å². The molecule has 0 unspecified atom stereocenters. The molecule has 0 heterocycles. The van der Waals surface area contributed by atoms with Crippen molar-refractivity contribution < 1.29 is 43.8 Å². The molecule has 142 valence electrons. The fraction of sp³-hybridized carbons (Fsp3) is 0.556. The Morgan fingerprint density at radius 3 is 1.12 bits per heavy atom. The average molecular weight is 416 g/mol. The first-order valence-electron chi connectivity index (χ1n) is 6.92. The zero-order chi connectivity index (χ0) is 22.9. The van der Waals surface area contributed by atoms with E-state index in [1.54, 1.807) is 7.11 Å². The summed E-state index contributed by atoms with van der Waals surface area (Å²) in [5, 5.41) is 0. The molecule has 0 aromatic carbocycles. The van der Waals surface area contributed by atoms with Crippen molar-refractivity contribution in [3.05, 3.63) is 33.3 Å². The van der Waals surface area contributed by atoms with Gasteiger partial charge in [-0.15, -0.1) is 0 Å². The Morgan fingerprint density at radius 1 is 0.731 bits per heavy atom. The van der Waals surface area contributed by atoms with Crippen LogP contribution in [0.4, 0.5) is 0 Å². The Bertz CT molecular complexity index is 433. The molecule has 0 atom stereocenters. The van der Waals surface area contributed by atoms with Crippen LogP contribution in [0.15, 0.2) is 0 Å². The zero-order valence-electron chi connectivity index (χ0n) is 16.1. The molecular weight excluding hydrogens is 392 g/mol. The van der Waals surface area contributed by atoms with Crippen LogP contribution in [0.2, 0.25) is 16.6 Å². The Labute approximate surface area is 166 Å². The summed E-state index contributed by atoms with van der Waals surface area (Å²) in [6.45, 7) is 36.4. The van der Waals surface area contributed by atoms with Crippen molar-refractivity contribution in [3.63, 3.8) is 0 Å². The predicted octanol–water partition coefficient (Wildman–Crippen LogP) is 3.34. The third-order valence-electron chi connectivity index (χ3n) is 3.43. The molecule has 0 spiro atoms. The third kappa shape index (κ3) is 17.7. The predicted molar refractivity (Wildman–Crippen MR) is 90.5 cm³/mol. The standard InChI is InChI=1S/C13H24OSi.5CO.Cr/c1-11(2)15(12(3)4,13(5)6)10-8-9-14-7;5*1-2;/h11-13H,1-7H3;;;;;;. The van der Waals surface area contributed by atoms with Gasteiger partial charge in [-0.05, 0) is 0 Å². The molecule has 0 amide bonds. The van der Waals surface area contributed by atoms with Gasteiger partial charge in [0.25, 0.3) is 0 Å². The molecule has 0 bridgehead atoms. The van der Waals surface area contributed by atoms with Gasteiger partial charge in [0, 0.05) is 0 Å². The minimum absolute atomic E-state index is 0.671. The summed E-state index contributed by atoms with van der Waals surface area (Å²) >= 11 is 2.86. The number of hydrogen-bond acceptors (Lipinski definition) is 1. The topological polar surface area (TPSA) is 109 Å². The van der Waals surface area contributed by atoms with Crippen molar-refractivity contribution >= 4 is 12.6 Å². The first kappa shape index (κ1) is 39.8. The number of rotatable bonds is 4. The monoisotopic (exact) mass is 416 g/mol. The maximum absolute atomic E-state index is 7.50. The van der Waals surface area contributed by atoms with Crippen molar-refractivity contribution in [2.45, 2.75) is 58.2 Å². The van der Waals surface area contributed by atoms with Gasteiger partial charge in [0.1, 0.15) is 0 Å². The normalized spacial score (nSPS) is 7.69. The molecule has 26 heavy (non-hydrogen) atoms. The van der Waals surface area contributed by atoms with Gasteiger partial charge in [-0.2, -0.15) is 0 Å². The quantitative estimate of drug-likeness (QED) is 0.298. The molecule has 0 N–H and O–H groups in total. The second-order valence-electron chi connectivity index (χ2n) is 5.14. The first-order chi connectivity index (χ1) is 12.3. The summed E-state index contributed by atoms with van der Waals surface area (Å²) in [5.41, 5.74) is 5.59. The van der Waals surface area contributed by atoms with Crippen LogP contribution in [0, 0.1) is 44.7 Å². The fourth-order valence-electron chi connectivity index (χ4n) is 2.64. The molecule has 6 nitrogen and oxygen atoms in total.